The molecule has 1 unspecified atom stereocenters. The van der Waals surface area contributed by atoms with Crippen LogP contribution in [0.4, 0.5) is 0 Å². The molecule has 0 aliphatic heterocycles. The molecule has 62 valence electrons. The lowest BCUT2D eigenvalue weighted by molar-refractivity contribution is -0.302. The van der Waals surface area contributed by atoms with Crippen LogP contribution in [-0.2, 0) is 9.53 Å². The van der Waals surface area contributed by atoms with Crippen molar-refractivity contribution in [1.82, 2.24) is 0 Å². The molecule has 0 spiro atoms. The van der Waals surface area contributed by atoms with Gasteiger partial charge < -0.3 is 19.7 Å². The van der Waals surface area contributed by atoms with Crippen LogP contribution < -0.4 is 5.11 Å². The number of hydrogen-bond donors (Lipinski definition) is 1. The van der Waals surface area contributed by atoms with Crippen LogP contribution in [0, 0.1) is 0 Å². The Kier molecular flexibility index (Phi) is 10.2. The normalized spacial score (nSPS) is 11.2. The molecule has 0 rings (SSSR count). The van der Waals surface area contributed by atoms with Crippen molar-refractivity contribution >= 4 is 5.97 Å². The maximum absolute atomic E-state index is 8.89. The molecule has 0 bridgehead atoms. The van der Waals surface area contributed by atoms with Gasteiger partial charge in [0.1, 0.15) is 0 Å². The molecule has 0 aliphatic carbocycles. The first kappa shape index (κ1) is 12.1. The molecule has 0 amide bonds. The van der Waals surface area contributed by atoms with Crippen LogP contribution in [-0.4, -0.2) is 24.5 Å². The summed E-state index contributed by atoms with van der Waals surface area (Å²) < 4.78 is 4.45. The smallest absolute Gasteiger partial charge is 0.153 e. The zero-order valence-electron chi connectivity index (χ0n) is 6.46. The number of carbonyl (C=O) groups excluding carboxylic acids is 1. The fourth-order valence-electron chi connectivity index (χ4n) is 0.167. The Bertz CT molecular complexity index is 73.8. The zero-order chi connectivity index (χ0) is 8.57. The summed E-state index contributed by atoms with van der Waals surface area (Å²) in [5, 5.41) is 17.3. The Labute approximate surface area is 60.4 Å². The van der Waals surface area contributed by atoms with E-state index in [-0.39, 0.29) is 0 Å². The van der Waals surface area contributed by atoms with Gasteiger partial charge in [-0.05, 0) is 13.3 Å². The lowest BCUT2D eigenvalue weighted by Gasteiger charge is -2.00. The van der Waals surface area contributed by atoms with E-state index in [0.717, 1.165) is 6.92 Å². The van der Waals surface area contributed by atoms with Crippen molar-refractivity contribution in [3.63, 3.8) is 0 Å². The van der Waals surface area contributed by atoms with Gasteiger partial charge in [-0.25, -0.2) is 0 Å². The molecule has 0 saturated heterocycles. The number of aliphatic carboxylic acids is 1. The molecule has 4 heteroatoms. The summed E-state index contributed by atoms with van der Waals surface area (Å²) in [4.78, 5) is 8.89. The molecule has 10 heavy (non-hydrogen) atoms. The van der Waals surface area contributed by atoms with Crippen LogP contribution >= 0.6 is 0 Å². The minimum Gasteiger partial charge on any atom is -0.550 e. The zero-order valence-corrected chi connectivity index (χ0v) is 6.46. The average Bonchev–Trinajstić information content (AvgIpc) is 1.85. The van der Waals surface area contributed by atoms with E-state index in [4.69, 9.17) is 15.0 Å². The van der Waals surface area contributed by atoms with E-state index in [1.807, 2.05) is 6.92 Å². The summed E-state index contributed by atoms with van der Waals surface area (Å²) in [5.74, 6) is -1.08. The molecular formula is C6H13O4-. The van der Waals surface area contributed by atoms with Crippen molar-refractivity contribution in [2.24, 2.45) is 0 Å². The molecule has 0 aromatic rings. The van der Waals surface area contributed by atoms with Gasteiger partial charge in [0.05, 0.1) is 0 Å². The second-order valence-corrected chi connectivity index (χ2v) is 1.59. The first-order valence-electron chi connectivity index (χ1n) is 2.93. The number of carboxylic acid groups (broad SMARTS) is 1. The summed E-state index contributed by atoms with van der Waals surface area (Å²) in [6, 6.07) is 0. The fraction of sp³-hybridized carbons (Fsp3) is 0.833. The highest BCUT2D eigenvalue weighted by molar-refractivity contribution is 5.60. The SMILES string of the molecule is CC(=O)[O-].CCC(O)OC. The number of carboxylic acids is 1. The van der Waals surface area contributed by atoms with Crippen LogP contribution in [0.15, 0.2) is 0 Å². The van der Waals surface area contributed by atoms with Crippen molar-refractivity contribution in [1.29, 1.82) is 0 Å². The van der Waals surface area contributed by atoms with Gasteiger partial charge in [-0.3, -0.25) is 0 Å². The number of aliphatic hydroxyl groups is 1. The van der Waals surface area contributed by atoms with Gasteiger partial charge in [0.15, 0.2) is 6.29 Å². The third kappa shape index (κ3) is 26.3. The highest BCUT2D eigenvalue weighted by Crippen LogP contribution is 1.85. The number of methoxy groups -OCH3 is 1. The molecule has 1 atom stereocenters. The van der Waals surface area contributed by atoms with Gasteiger partial charge in [0, 0.05) is 13.1 Å². The molecule has 0 fully saturated rings. The standard InChI is InChI=1S/C4H10O2.C2H4O2/c1-3-4(5)6-2;1-2(3)4/h4-5H,3H2,1-2H3;1H3,(H,3,4)/p-1. The maximum Gasteiger partial charge on any atom is 0.153 e. The van der Waals surface area contributed by atoms with Gasteiger partial charge in [0.25, 0.3) is 0 Å². The predicted octanol–water partition coefficient (Wildman–Crippen LogP) is -0.883. The van der Waals surface area contributed by atoms with E-state index in [1.54, 1.807) is 0 Å². The fourth-order valence-corrected chi connectivity index (χ4v) is 0.167. The van der Waals surface area contributed by atoms with Crippen molar-refractivity contribution in [3.05, 3.63) is 0 Å². The van der Waals surface area contributed by atoms with Crippen LogP contribution in [0.3, 0.4) is 0 Å². The molecule has 0 aromatic heterocycles. The average molecular weight is 149 g/mol. The molecule has 4 nitrogen and oxygen atoms in total. The second-order valence-electron chi connectivity index (χ2n) is 1.59. The maximum atomic E-state index is 8.89. The van der Waals surface area contributed by atoms with Gasteiger partial charge in [-0.2, -0.15) is 0 Å². The topological polar surface area (TPSA) is 69.6 Å². The largest absolute Gasteiger partial charge is 0.550 e. The Hall–Kier alpha value is -0.610. The van der Waals surface area contributed by atoms with Crippen LogP contribution in [0.1, 0.15) is 20.3 Å². The van der Waals surface area contributed by atoms with E-state index >= 15 is 0 Å². The van der Waals surface area contributed by atoms with E-state index in [9.17, 15) is 0 Å². The summed E-state index contributed by atoms with van der Waals surface area (Å²) in [6.45, 7) is 2.83. The highest BCUT2D eigenvalue weighted by Gasteiger charge is 1.90. The monoisotopic (exact) mass is 149 g/mol. The Balaban J connectivity index is 0. The Morgan fingerprint density at radius 3 is 2.10 bits per heavy atom. The van der Waals surface area contributed by atoms with E-state index in [0.29, 0.717) is 6.42 Å². The molecule has 0 saturated carbocycles. The number of rotatable bonds is 2. The van der Waals surface area contributed by atoms with Crippen LogP contribution in [0.25, 0.3) is 0 Å². The number of hydrogen-bond acceptors (Lipinski definition) is 4. The van der Waals surface area contributed by atoms with E-state index < -0.39 is 12.3 Å². The van der Waals surface area contributed by atoms with Crippen molar-refractivity contribution in [2.75, 3.05) is 7.11 Å². The highest BCUT2D eigenvalue weighted by atomic mass is 16.6. The first-order chi connectivity index (χ1) is 4.54. The van der Waals surface area contributed by atoms with Crippen molar-refractivity contribution in [3.8, 4) is 0 Å². The number of ether oxygens (including phenoxy) is 1. The summed E-state index contributed by atoms with van der Waals surface area (Å²) in [6.07, 6.45) is 0.0984. The lowest BCUT2D eigenvalue weighted by atomic mass is 10.5. The summed E-state index contributed by atoms with van der Waals surface area (Å²) in [7, 11) is 1.48. The molecular weight excluding hydrogens is 136 g/mol. The van der Waals surface area contributed by atoms with Crippen LogP contribution in [0.5, 0.6) is 0 Å². The van der Waals surface area contributed by atoms with Gasteiger partial charge in [-0.1, -0.05) is 6.92 Å². The Morgan fingerprint density at radius 1 is 1.80 bits per heavy atom. The van der Waals surface area contributed by atoms with Crippen molar-refractivity contribution in [2.45, 2.75) is 26.6 Å². The first-order valence-corrected chi connectivity index (χ1v) is 2.93. The third-order valence-electron chi connectivity index (χ3n) is 0.621. The van der Waals surface area contributed by atoms with Gasteiger partial charge >= 0.3 is 0 Å². The number of carbonyl (C=O) groups is 1. The molecule has 0 aliphatic rings. The molecule has 0 aromatic carbocycles. The minimum absolute atomic E-state index is 0.565. The van der Waals surface area contributed by atoms with E-state index in [2.05, 4.69) is 4.74 Å². The lowest BCUT2D eigenvalue weighted by Crippen LogP contribution is -2.16. The molecule has 0 heterocycles. The quantitative estimate of drug-likeness (QED) is 0.517. The van der Waals surface area contributed by atoms with Gasteiger partial charge in [0.2, 0.25) is 0 Å². The summed E-state index contributed by atoms with van der Waals surface area (Å²) >= 11 is 0. The second kappa shape index (κ2) is 8.39. The summed E-state index contributed by atoms with van der Waals surface area (Å²) in [5.41, 5.74) is 0. The predicted molar refractivity (Wildman–Crippen MR) is 34.0 cm³/mol. The van der Waals surface area contributed by atoms with E-state index in [1.165, 1.54) is 7.11 Å². The van der Waals surface area contributed by atoms with Crippen LogP contribution in [0.2, 0.25) is 0 Å². The Morgan fingerprint density at radius 2 is 2.10 bits per heavy atom. The molecule has 0 radical (unpaired) electrons. The van der Waals surface area contributed by atoms with Crippen molar-refractivity contribution < 1.29 is 19.7 Å². The third-order valence-corrected chi connectivity index (χ3v) is 0.621. The van der Waals surface area contributed by atoms with Gasteiger partial charge in [-0.15, -0.1) is 0 Å². The number of aliphatic hydroxyl groups excluding tert-OH is 1. The molecule has 1 N–H and O–H groups in total. The minimum atomic E-state index is -1.08.